The van der Waals surface area contributed by atoms with Crippen molar-refractivity contribution in [1.29, 1.82) is 0 Å². The number of nitrogens with one attached hydrogen (secondary N) is 1. The summed E-state index contributed by atoms with van der Waals surface area (Å²) in [5, 5.41) is 10.4. The third-order valence-corrected chi connectivity index (χ3v) is 5.31. The molecule has 30 heavy (non-hydrogen) atoms. The predicted molar refractivity (Wildman–Crippen MR) is 106 cm³/mol. The van der Waals surface area contributed by atoms with Gasteiger partial charge in [0.15, 0.2) is 5.69 Å². The maximum absolute atomic E-state index is 12.9. The van der Waals surface area contributed by atoms with Gasteiger partial charge >= 0.3 is 6.18 Å². The molecule has 0 bridgehead atoms. The van der Waals surface area contributed by atoms with Crippen LogP contribution in [0.15, 0.2) is 30.3 Å². The van der Waals surface area contributed by atoms with E-state index in [0.717, 1.165) is 27.3 Å². The number of alkyl halides is 3. The van der Waals surface area contributed by atoms with Gasteiger partial charge in [-0.3, -0.25) is 9.48 Å². The Morgan fingerprint density at radius 3 is 2.37 bits per heavy atom. The number of halogens is 4. The van der Waals surface area contributed by atoms with Crippen LogP contribution in [0.1, 0.15) is 34.8 Å². The van der Waals surface area contributed by atoms with Crippen LogP contribution in [-0.4, -0.2) is 25.5 Å². The van der Waals surface area contributed by atoms with Crippen molar-refractivity contribution >= 4 is 17.5 Å². The van der Waals surface area contributed by atoms with Gasteiger partial charge in [0, 0.05) is 24.2 Å². The van der Waals surface area contributed by atoms with Crippen molar-refractivity contribution in [1.82, 2.24) is 24.9 Å². The Bertz CT molecular complexity index is 1060. The first-order valence-corrected chi connectivity index (χ1v) is 9.64. The summed E-state index contributed by atoms with van der Waals surface area (Å²) < 4.78 is 41.6. The van der Waals surface area contributed by atoms with E-state index in [1.54, 1.807) is 0 Å². The minimum absolute atomic E-state index is 0.00525. The van der Waals surface area contributed by atoms with Gasteiger partial charge in [-0.1, -0.05) is 29.8 Å². The van der Waals surface area contributed by atoms with E-state index in [-0.39, 0.29) is 31.1 Å². The van der Waals surface area contributed by atoms with Gasteiger partial charge in [-0.15, -0.1) is 0 Å². The van der Waals surface area contributed by atoms with Crippen molar-refractivity contribution in [3.05, 3.63) is 63.7 Å². The summed E-state index contributed by atoms with van der Waals surface area (Å²) in [7, 11) is 0. The van der Waals surface area contributed by atoms with Crippen LogP contribution in [0.4, 0.5) is 13.2 Å². The van der Waals surface area contributed by atoms with E-state index in [1.165, 1.54) is 6.92 Å². The summed E-state index contributed by atoms with van der Waals surface area (Å²) >= 11 is 5.73. The Morgan fingerprint density at radius 2 is 1.77 bits per heavy atom. The standard InChI is InChI=1S/C20H21ClF3N5O/c1-12-16(13(2)29(26-12)15-7-5-4-6-8-15)11-25-17(30)9-10-28-14(3)18(21)19(27-28)20(22,23)24/h4-8H,9-11H2,1-3H3,(H,25,30). The molecule has 10 heteroatoms. The normalized spacial score (nSPS) is 11.7. The molecule has 0 unspecified atom stereocenters. The minimum atomic E-state index is -4.64. The number of carbonyl (C=O) groups excluding carboxylic acids is 1. The lowest BCUT2D eigenvalue weighted by molar-refractivity contribution is -0.141. The number of rotatable bonds is 6. The fourth-order valence-corrected chi connectivity index (χ4v) is 3.40. The lowest BCUT2D eigenvalue weighted by atomic mass is 10.2. The lowest BCUT2D eigenvalue weighted by Gasteiger charge is -2.08. The van der Waals surface area contributed by atoms with Crippen LogP contribution < -0.4 is 5.32 Å². The Morgan fingerprint density at radius 1 is 1.10 bits per heavy atom. The average molecular weight is 440 g/mol. The number of carbonyl (C=O) groups is 1. The van der Waals surface area contributed by atoms with Gasteiger partial charge in [-0.25, -0.2) is 4.68 Å². The van der Waals surface area contributed by atoms with E-state index in [0.29, 0.717) is 0 Å². The number of para-hydroxylation sites is 1. The molecule has 0 atom stereocenters. The molecule has 0 aliphatic carbocycles. The minimum Gasteiger partial charge on any atom is -0.352 e. The van der Waals surface area contributed by atoms with Crippen LogP contribution >= 0.6 is 11.6 Å². The topological polar surface area (TPSA) is 64.7 Å². The zero-order valence-corrected chi connectivity index (χ0v) is 17.5. The molecule has 0 saturated heterocycles. The van der Waals surface area contributed by atoms with Gasteiger partial charge < -0.3 is 5.32 Å². The van der Waals surface area contributed by atoms with E-state index in [2.05, 4.69) is 15.5 Å². The van der Waals surface area contributed by atoms with E-state index in [4.69, 9.17) is 11.6 Å². The number of aromatic nitrogens is 4. The zero-order valence-electron chi connectivity index (χ0n) is 16.7. The van der Waals surface area contributed by atoms with Crippen molar-refractivity contribution in [3.8, 4) is 5.69 Å². The number of benzene rings is 1. The highest BCUT2D eigenvalue weighted by Gasteiger charge is 2.38. The first kappa shape index (κ1) is 21.9. The van der Waals surface area contributed by atoms with Crippen molar-refractivity contribution in [2.75, 3.05) is 0 Å². The smallest absolute Gasteiger partial charge is 0.352 e. The second-order valence-electron chi connectivity index (χ2n) is 6.89. The summed E-state index contributed by atoms with van der Waals surface area (Å²) in [5.41, 5.74) is 2.55. The highest BCUT2D eigenvalue weighted by molar-refractivity contribution is 6.31. The van der Waals surface area contributed by atoms with Crippen LogP contribution in [0.5, 0.6) is 0 Å². The van der Waals surface area contributed by atoms with Crippen molar-refractivity contribution in [2.45, 2.75) is 46.5 Å². The van der Waals surface area contributed by atoms with Crippen molar-refractivity contribution in [2.24, 2.45) is 0 Å². The molecule has 2 aromatic heterocycles. The fraction of sp³-hybridized carbons (Fsp3) is 0.350. The Balaban J connectivity index is 1.63. The summed E-state index contributed by atoms with van der Waals surface area (Å²) in [4.78, 5) is 12.3. The lowest BCUT2D eigenvalue weighted by Crippen LogP contribution is -2.25. The number of amides is 1. The van der Waals surface area contributed by atoms with E-state index in [1.807, 2.05) is 48.9 Å². The predicted octanol–water partition coefficient (Wildman–Crippen LogP) is 4.37. The number of hydrogen-bond donors (Lipinski definition) is 1. The highest BCUT2D eigenvalue weighted by Crippen LogP contribution is 2.35. The fourth-order valence-electron chi connectivity index (χ4n) is 3.16. The van der Waals surface area contributed by atoms with Crippen LogP contribution in [0.3, 0.4) is 0 Å². The van der Waals surface area contributed by atoms with Gasteiger partial charge in [-0.05, 0) is 32.9 Å². The molecule has 0 aliphatic rings. The average Bonchev–Trinajstić information content (AvgIpc) is 3.15. The molecule has 0 radical (unpaired) electrons. The largest absolute Gasteiger partial charge is 0.436 e. The molecule has 1 N–H and O–H groups in total. The second-order valence-corrected chi connectivity index (χ2v) is 7.27. The molecule has 6 nitrogen and oxygen atoms in total. The van der Waals surface area contributed by atoms with Gasteiger partial charge in [0.1, 0.15) is 0 Å². The molecule has 1 aromatic carbocycles. The van der Waals surface area contributed by atoms with Crippen molar-refractivity contribution < 1.29 is 18.0 Å². The van der Waals surface area contributed by atoms with E-state index < -0.39 is 16.9 Å². The van der Waals surface area contributed by atoms with Crippen LogP contribution in [0.25, 0.3) is 5.69 Å². The SMILES string of the molecule is Cc1nn(-c2ccccc2)c(C)c1CNC(=O)CCn1nc(C(F)(F)F)c(Cl)c1C. The molecular weight excluding hydrogens is 419 g/mol. The first-order valence-electron chi connectivity index (χ1n) is 9.27. The number of nitrogens with zero attached hydrogens (tertiary/aromatic N) is 4. The number of hydrogen-bond acceptors (Lipinski definition) is 3. The Kier molecular flexibility index (Phi) is 6.21. The Hall–Kier alpha value is -2.81. The third kappa shape index (κ3) is 4.51. The van der Waals surface area contributed by atoms with Crippen molar-refractivity contribution in [3.63, 3.8) is 0 Å². The van der Waals surface area contributed by atoms with Crippen LogP contribution in [-0.2, 0) is 24.1 Å². The molecule has 3 rings (SSSR count). The van der Waals surface area contributed by atoms with Gasteiger partial charge in [0.25, 0.3) is 0 Å². The molecule has 0 saturated carbocycles. The summed E-state index contributed by atoms with van der Waals surface area (Å²) in [6, 6.07) is 9.63. The molecule has 0 fully saturated rings. The highest BCUT2D eigenvalue weighted by atomic mass is 35.5. The Labute approximate surface area is 176 Å². The maximum atomic E-state index is 12.9. The molecule has 160 valence electrons. The third-order valence-electron chi connectivity index (χ3n) is 4.86. The quantitative estimate of drug-likeness (QED) is 0.620. The molecule has 0 aliphatic heterocycles. The van der Waals surface area contributed by atoms with E-state index >= 15 is 0 Å². The molecule has 1 amide bonds. The van der Waals surface area contributed by atoms with Crippen LogP contribution in [0, 0.1) is 20.8 Å². The molecule has 3 aromatic rings. The summed E-state index contributed by atoms with van der Waals surface area (Å²) in [6.45, 7) is 5.49. The monoisotopic (exact) mass is 439 g/mol. The van der Waals surface area contributed by atoms with Crippen LogP contribution in [0.2, 0.25) is 5.02 Å². The maximum Gasteiger partial charge on any atom is 0.436 e. The van der Waals surface area contributed by atoms with Gasteiger partial charge in [-0.2, -0.15) is 23.4 Å². The summed E-state index contributed by atoms with van der Waals surface area (Å²) in [6.07, 6.45) is -4.66. The van der Waals surface area contributed by atoms with Gasteiger partial charge in [0.05, 0.1) is 28.6 Å². The van der Waals surface area contributed by atoms with Gasteiger partial charge in [0.2, 0.25) is 5.91 Å². The molecule has 2 heterocycles. The molecule has 0 spiro atoms. The number of aryl methyl sites for hydroxylation is 2. The molecular formula is C20H21ClF3N5O. The summed E-state index contributed by atoms with van der Waals surface area (Å²) in [5.74, 6) is -0.305. The first-order chi connectivity index (χ1) is 14.1. The zero-order chi connectivity index (χ0) is 22.1. The van der Waals surface area contributed by atoms with E-state index in [9.17, 15) is 18.0 Å². The second kappa shape index (κ2) is 8.51.